The lowest BCUT2D eigenvalue weighted by Crippen LogP contribution is -2.26. The average Bonchev–Trinajstić information content (AvgIpc) is 2.53. The second-order valence-electron chi connectivity index (χ2n) is 3.90. The van der Waals surface area contributed by atoms with Gasteiger partial charge in [-0.25, -0.2) is 5.90 Å². The molecule has 2 N–H and O–H groups in total. The number of nitrogens with two attached hydrogens (primary N) is 1. The minimum Gasteiger partial charge on any atom is -0.468 e. The van der Waals surface area contributed by atoms with Crippen molar-refractivity contribution in [3.63, 3.8) is 0 Å². The molecule has 0 atom stereocenters. The minimum absolute atomic E-state index is 0.230. The van der Waals surface area contributed by atoms with Gasteiger partial charge in [-0.3, -0.25) is 0 Å². The molecule has 0 amide bonds. The molecule has 0 aliphatic rings. The second-order valence-corrected chi connectivity index (χ2v) is 3.90. The van der Waals surface area contributed by atoms with E-state index in [-0.39, 0.29) is 5.41 Å². The lowest BCUT2D eigenvalue weighted by atomic mass is 9.89. The van der Waals surface area contributed by atoms with Gasteiger partial charge in [0.15, 0.2) is 0 Å². The molecule has 1 rings (SSSR count). The first-order chi connectivity index (χ1) is 6.61. The van der Waals surface area contributed by atoms with E-state index < -0.39 is 0 Å². The zero-order chi connectivity index (χ0) is 10.6. The molecule has 0 bridgehead atoms. The van der Waals surface area contributed by atoms with E-state index in [2.05, 4.69) is 4.84 Å². The van der Waals surface area contributed by atoms with Crippen LogP contribution in [0.4, 0.5) is 0 Å². The summed E-state index contributed by atoms with van der Waals surface area (Å²) in [4.78, 5) is 4.66. The number of hydrogen-bond acceptors (Lipinski definition) is 4. The lowest BCUT2D eigenvalue weighted by molar-refractivity contribution is 0.0859. The van der Waals surface area contributed by atoms with Crippen LogP contribution < -0.4 is 5.90 Å². The maximum absolute atomic E-state index is 5.42. The lowest BCUT2D eigenvalue weighted by Gasteiger charge is -2.21. The van der Waals surface area contributed by atoms with Crippen LogP contribution in [0.2, 0.25) is 0 Å². The zero-order valence-electron chi connectivity index (χ0n) is 8.87. The summed E-state index contributed by atoms with van der Waals surface area (Å²) in [6, 6.07) is 1.90. The molecule has 1 aromatic heterocycles. The van der Waals surface area contributed by atoms with Gasteiger partial charge in [-0.05, 0) is 6.07 Å². The fourth-order valence-corrected chi connectivity index (χ4v) is 1.47. The van der Waals surface area contributed by atoms with E-state index in [0.717, 1.165) is 11.3 Å². The van der Waals surface area contributed by atoms with E-state index in [0.29, 0.717) is 13.2 Å². The average molecular weight is 199 g/mol. The molecule has 80 valence electrons. The highest BCUT2D eigenvalue weighted by atomic mass is 16.6. The van der Waals surface area contributed by atoms with Crippen LogP contribution in [-0.4, -0.2) is 13.7 Å². The van der Waals surface area contributed by atoms with E-state index in [1.165, 1.54) is 0 Å². The molecule has 1 heterocycles. The standard InChI is InChI=1S/C10H17NO3/c1-10(2,7-14-11)9-8(6-12-3)4-5-13-9/h4-5H,6-7,11H2,1-3H3. The summed E-state index contributed by atoms with van der Waals surface area (Å²) in [6.45, 7) is 4.98. The van der Waals surface area contributed by atoms with Crippen molar-refractivity contribution < 1.29 is 14.0 Å². The Bertz CT molecular complexity index is 281. The predicted molar refractivity (Wildman–Crippen MR) is 52.6 cm³/mol. The summed E-state index contributed by atoms with van der Waals surface area (Å²) in [5.74, 6) is 5.94. The monoisotopic (exact) mass is 199 g/mol. The number of hydrogen-bond donors (Lipinski definition) is 1. The Morgan fingerprint density at radius 1 is 1.50 bits per heavy atom. The van der Waals surface area contributed by atoms with Gasteiger partial charge in [-0.1, -0.05) is 13.8 Å². The molecular formula is C10H17NO3. The van der Waals surface area contributed by atoms with E-state index in [4.69, 9.17) is 15.1 Å². The summed E-state index contributed by atoms with van der Waals surface area (Å²) in [7, 11) is 1.66. The molecule has 4 nitrogen and oxygen atoms in total. The molecule has 0 radical (unpaired) electrons. The third-order valence-electron chi connectivity index (χ3n) is 2.11. The predicted octanol–water partition coefficient (Wildman–Crippen LogP) is 1.59. The van der Waals surface area contributed by atoms with Crippen molar-refractivity contribution in [2.45, 2.75) is 25.9 Å². The van der Waals surface area contributed by atoms with E-state index in [1.54, 1.807) is 13.4 Å². The fraction of sp³-hybridized carbons (Fsp3) is 0.600. The molecule has 0 aliphatic carbocycles. The van der Waals surface area contributed by atoms with Gasteiger partial charge in [0.25, 0.3) is 0 Å². The van der Waals surface area contributed by atoms with Crippen LogP contribution in [-0.2, 0) is 21.6 Å². The molecule has 0 fully saturated rings. The Morgan fingerprint density at radius 3 is 2.79 bits per heavy atom. The van der Waals surface area contributed by atoms with Crippen molar-refractivity contribution in [3.8, 4) is 0 Å². The van der Waals surface area contributed by atoms with Crippen LogP contribution in [0, 0.1) is 0 Å². The van der Waals surface area contributed by atoms with Crippen LogP contribution in [0.5, 0.6) is 0 Å². The summed E-state index contributed by atoms with van der Waals surface area (Å²) < 4.78 is 10.5. The summed E-state index contributed by atoms with van der Waals surface area (Å²) in [5.41, 5.74) is 0.807. The van der Waals surface area contributed by atoms with Gasteiger partial charge in [-0.15, -0.1) is 0 Å². The van der Waals surface area contributed by atoms with E-state index in [9.17, 15) is 0 Å². The van der Waals surface area contributed by atoms with Crippen LogP contribution >= 0.6 is 0 Å². The maximum atomic E-state index is 5.42. The van der Waals surface area contributed by atoms with Gasteiger partial charge in [0.1, 0.15) is 5.76 Å². The van der Waals surface area contributed by atoms with Crippen LogP contribution in [0.25, 0.3) is 0 Å². The molecule has 0 saturated carbocycles. The smallest absolute Gasteiger partial charge is 0.117 e. The van der Waals surface area contributed by atoms with Crippen molar-refractivity contribution in [1.29, 1.82) is 0 Å². The Kier molecular flexibility index (Phi) is 3.69. The molecule has 14 heavy (non-hydrogen) atoms. The van der Waals surface area contributed by atoms with E-state index >= 15 is 0 Å². The Balaban J connectivity index is 2.87. The number of rotatable bonds is 5. The third-order valence-corrected chi connectivity index (χ3v) is 2.11. The van der Waals surface area contributed by atoms with Gasteiger partial charge in [-0.2, -0.15) is 0 Å². The van der Waals surface area contributed by atoms with Crippen LogP contribution in [0.3, 0.4) is 0 Å². The first-order valence-electron chi connectivity index (χ1n) is 4.49. The van der Waals surface area contributed by atoms with Gasteiger partial charge in [0.2, 0.25) is 0 Å². The molecule has 4 heteroatoms. The zero-order valence-corrected chi connectivity index (χ0v) is 8.87. The SMILES string of the molecule is COCc1ccoc1C(C)(C)CON. The van der Waals surface area contributed by atoms with Gasteiger partial charge in [0.05, 0.1) is 19.5 Å². The van der Waals surface area contributed by atoms with Crippen molar-refractivity contribution in [2.75, 3.05) is 13.7 Å². The molecule has 0 spiro atoms. The van der Waals surface area contributed by atoms with Gasteiger partial charge in [0, 0.05) is 18.1 Å². The molecule has 1 aromatic rings. The van der Waals surface area contributed by atoms with Crippen molar-refractivity contribution in [3.05, 3.63) is 23.7 Å². The molecule has 0 saturated heterocycles. The highest BCUT2D eigenvalue weighted by Crippen LogP contribution is 2.27. The number of methoxy groups -OCH3 is 1. The van der Waals surface area contributed by atoms with E-state index in [1.807, 2.05) is 19.9 Å². The Morgan fingerprint density at radius 2 is 2.21 bits per heavy atom. The van der Waals surface area contributed by atoms with Crippen molar-refractivity contribution >= 4 is 0 Å². The Labute approximate surface area is 83.9 Å². The van der Waals surface area contributed by atoms with Crippen LogP contribution in [0.15, 0.2) is 16.7 Å². The first-order valence-corrected chi connectivity index (χ1v) is 4.49. The largest absolute Gasteiger partial charge is 0.468 e. The molecule has 0 unspecified atom stereocenters. The van der Waals surface area contributed by atoms with Crippen LogP contribution in [0.1, 0.15) is 25.2 Å². The highest BCUT2D eigenvalue weighted by Gasteiger charge is 2.27. The maximum Gasteiger partial charge on any atom is 0.117 e. The van der Waals surface area contributed by atoms with Crippen molar-refractivity contribution in [1.82, 2.24) is 0 Å². The second kappa shape index (κ2) is 4.59. The molecular weight excluding hydrogens is 182 g/mol. The molecule has 0 aliphatic heterocycles. The van der Waals surface area contributed by atoms with Crippen molar-refractivity contribution in [2.24, 2.45) is 5.90 Å². The number of furan rings is 1. The summed E-state index contributed by atoms with van der Waals surface area (Å²) in [5, 5.41) is 0. The topological polar surface area (TPSA) is 57.6 Å². The van der Waals surface area contributed by atoms with Gasteiger partial charge >= 0.3 is 0 Å². The normalized spacial score (nSPS) is 12.0. The fourth-order valence-electron chi connectivity index (χ4n) is 1.47. The first kappa shape index (κ1) is 11.2. The Hall–Kier alpha value is -0.840. The molecule has 0 aromatic carbocycles. The third kappa shape index (κ3) is 2.35. The highest BCUT2D eigenvalue weighted by molar-refractivity contribution is 5.23. The quantitative estimate of drug-likeness (QED) is 0.732. The summed E-state index contributed by atoms with van der Waals surface area (Å²) >= 11 is 0. The minimum atomic E-state index is -0.230. The summed E-state index contributed by atoms with van der Waals surface area (Å²) in [6.07, 6.45) is 1.65. The van der Waals surface area contributed by atoms with Gasteiger partial charge < -0.3 is 14.0 Å². The number of ether oxygens (including phenoxy) is 1.